The molecule has 0 bridgehead atoms. The topological polar surface area (TPSA) is 0 Å². The van der Waals surface area contributed by atoms with Crippen LogP contribution in [0, 0.1) is 28.6 Å². The number of hydrogen-bond acceptors (Lipinski definition) is 0. The lowest BCUT2D eigenvalue weighted by atomic mass is 9.77. The Morgan fingerprint density at radius 1 is 0.957 bits per heavy atom. The maximum Gasteiger partial charge on any atom is -0.0161 e. The van der Waals surface area contributed by atoms with E-state index in [0.717, 1.165) is 17.8 Å². The van der Waals surface area contributed by atoms with Crippen LogP contribution in [0.2, 0.25) is 0 Å². The van der Waals surface area contributed by atoms with Crippen LogP contribution in [0.1, 0.15) is 104 Å². The minimum Gasteiger partial charge on any atom is -0.0698 e. The Hall–Kier alpha value is -0.260. The molecule has 0 aromatic carbocycles. The number of hydrogen-bond donors (Lipinski definition) is 0. The molecule has 0 aliphatic heterocycles. The van der Waals surface area contributed by atoms with Gasteiger partial charge in [-0.3, -0.25) is 0 Å². The van der Waals surface area contributed by atoms with Crippen LogP contribution in [-0.4, -0.2) is 0 Å². The highest BCUT2D eigenvalue weighted by atomic mass is 14.6. The minimum atomic E-state index is 0.647. The van der Waals surface area contributed by atoms with E-state index in [0.29, 0.717) is 10.8 Å². The Kier molecular flexibility index (Phi) is 4.18. The third-order valence-corrected chi connectivity index (χ3v) is 8.46. The summed E-state index contributed by atoms with van der Waals surface area (Å²) in [5, 5.41) is 0. The van der Waals surface area contributed by atoms with E-state index in [-0.39, 0.29) is 0 Å². The van der Waals surface area contributed by atoms with Crippen LogP contribution in [0.25, 0.3) is 0 Å². The first-order valence-electron chi connectivity index (χ1n) is 10.8. The highest BCUT2D eigenvalue weighted by Gasteiger charge is 2.54. The number of allylic oxidation sites excluding steroid dienone is 2. The van der Waals surface area contributed by atoms with Crippen LogP contribution in [0.5, 0.6) is 0 Å². The van der Waals surface area contributed by atoms with Gasteiger partial charge in [0.1, 0.15) is 0 Å². The molecule has 130 valence electrons. The van der Waals surface area contributed by atoms with Gasteiger partial charge in [-0.2, -0.15) is 0 Å². The first-order valence-corrected chi connectivity index (χ1v) is 10.8. The third-order valence-electron chi connectivity index (χ3n) is 8.46. The molecule has 0 aromatic rings. The van der Waals surface area contributed by atoms with Gasteiger partial charge in [-0.25, -0.2) is 0 Å². The van der Waals surface area contributed by atoms with E-state index in [1.165, 1.54) is 77.0 Å². The Morgan fingerprint density at radius 3 is 2.35 bits per heavy atom. The van der Waals surface area contributed by atoms with Gasteiger partial charge < -0.3 is 0 Å². The maximum absolute atomic E-state index is 2.63. The molecule has 0 N–H and O–H groups in total. The van der Waals surface area contributed by atoms with Crippen LogP contribution in [0.3, 0.4) is 0 Å². The first-order chi connectivity index (χ1) is 11.0. The molecule has 0 spiro atoms. The molecule has 23 heavy (non-hydrogen) atoms. The van der Waals surface area contributed by atoms with E-state index < -0.39 is 0 Å². The summed E-state index contributed by atoms with van der Waals surface area (Å²) in [6.45, 7) is 7.60. The van der Waals surface area contributed by atoms with Crippen molar-refractivity contribution in [3.8, 4) is 0 Å². The van der Waals surface area contributed by atoms with E-state index in [2.05, 4.69) is 20.8 Å². The van der Waals surface area contributed by atoms with Crippen molar-refractivity contribution < 1.29 is 0 Å². The Morgan fingerprint density at radius 2 is 1.70 bits per heavy atom. The van der Waals surface area contributed by atoms with Crippen molar-refractivity contribution in [3.05, 3.63) is 11.1 Å². The van der Waals surface area contributed by atoms with Crippen LogP contribution in [0.4, 0.5) is 0 Å². The smallest absolute Gasteiger partial charge is 0.0161 e. The molecule has 0 heteroatoms. The van der Waals surface area contributed by atoms with E-state index in [4.69, 9.17) is 0 Å². The zero-order chi connectivity index (χ0) is 16.1. The fourth-order valence-corrected chi connectivity index (χ4v) is 6.30. The van der Waals surface area contributed by atoms with Gasteiger partial charge in [0.15, 0.2) is 0 Å². The normalized spacial score (nSPS) is 42.4. The van der Waals surface area contributed by atoms with Gasteiger partial charge >= 0.3 is 0 Å². The molecule has 0 amide bonds. The fraction of sp³-hybridized carbons (Fsp3) is 0.913. The summed E-state index contributed by atoms with van der Waals surface area (Å²) < 4.78 is 0. The second-order valence-electron chi connectivity index (χ2n) is 10.2. The summed E-state index contributed by atoms with van der Waals surface area (Å²) in [6.07, 6.45) is 19.4. The summed E-state index contributed by atoms with van der Waals surface area (Å²) in [7, 11) is 0. The van der Waals surface area contributed by atoms with Gasteiger partial charge in [-0.1, -0.05) is 57.6 Å². The maximum atomic E-state index is 2.63. The lowest BCUT2D eigenvalue weighted by Crippen LogP contribution is -2.17. The molecule has 4 fully saturated rings. The van der Waals surface area contributed by atoms with E-state index in [1.807, 2.05) is 11.1 Å². The Bertz CT molecular complexity index is 472. The first kappa shape index (κ1) is 16.2. The summed E-state index contributed by atoms with van der Waals surface area (Å²) in [5.41, 5.74) is 5.32. The quantitative estimate of drug-likeness (QED) is 0.377. The van der Waals surface area contributed by atoms with Gasteiger partial charge in [-0.15, -0.1) is 0 Å². The highest BCUT2D eigenvalue weighted by Crippen LogP contribution is 2.64. The highest BCUT2D eigenvalue weighted by molar-refractivity contribution is 5.33. The zero-order valence-electron chi connectivity index (χ0n) is 15.9. The average Bonchev–Trinajstić information content (AvgIpc) is 3.45. The van der Waals surface area contributed by atoms with Crippen molar-refractivity contribution in [1.29, 1.82) is 0 Å². The van der Waals surface area contributed by atoms with Crippen LogP contribution < -0.4 is 0 Å². The molecule has 0 heterocycles. The molecule has 0 aromatic heterocycles. The van der Waals surface area contributed by atoms with E-state index in [9.17, 15) is 0 Å². The van der Waals surface area contributed by atoms with Gasteiger partial charge in [0, 0.05) is 0 Å². The summed E-state index contributed by atoms with van der Waals surface area (Å²) >= 11 is 0. The lowest BCUT2D eigenvalue weighted by molar-refractivity contribution is 0.260. The molecule has 0 saturated heterocycles. The molecule has 4 aliphatic carbocycles. The average molecular weight is 315 g/mol. The van der Waals surface area contributed by atoms with E-state index >= 15 is 0 Å². The minimum absolute atomic E-state index is 0.647. The summed E-state index contributed by atoms with van der Waals surface area (Å²) in [5.74, 6) is 3.06. The van der Waals surface area contributed by atoms with Crippen molar-refractivity contribution in [2.75, 3.05) is 0 Å². The Balaban J connectivity index is 1.47. The second kappa shape index (κ2) is 5.92. The van der Waals surface area contributed by atoms with Gasteiger partial charge in [0.25, 0.3) is 0 Å². The molecule has 0 nitrogen and oxygen atoms in total. The van der Waals surface area contributed by atoms with Crippen molar-refractivity contribution >= 4 is 0 Å². The molecular formula is C23H38. The molecule has 4 saturated carbocycles. The van der Waals surface area contributed by atoms with E-state index in [1.54, 1.807) is 6.42 Å². The molecule has 3 unspecified atom stereocenters. The third kappa shape index (κ3) is 3.16. The van der Waals surface area contributed by atoms with Crippen LogP contribution in [-0.2, 0) is 0 Å². The summed E-state index contributed by atoms with van der Waals surface area (Å²) in [4.78, 5) is 0. The number of rotatable bonds is 4. The van der Waals surface area contributed by atoms with Gasteiger partial charge in [0.2, 0.25) is 0 Å². The predicted molar refractivity (Wildman–Crippen MR) is 99.4 cm³/mol. The zero-order valence-corrected chi connectivity index (χ0v) is 15.9. The van der Waals surface area contributed by atoms with Crippen molar-refractivity contribution in [3.63, 3.8) is 0 Å². The molecule has 4 rings (SSSR count). The van der Waals surface area contributed by atoms with Crippen molar-refractivity contribution in [1.82, 2.24) is 0 Å². The summed E-state index contributed by atoms with van der Waals surface area (Å²) in [6, 6.07) is 0. The van der Waals surface area contributed by atoms with Crippen molar-refractivity contribution in [2.24, 2.45) is 28.6 Å². The second-order valence-corrected chi connectivity index (χ2v) is 10.2. The van der Waals surface area contributed by atoms with Gasteiger partial charge in [0.05, 0.1) is 0 Å². The monoisotopic (exact) mass is 314 g/mol. The molecule has 4 atom stereocenters. The van der Waals surface area contributed by atoms with Crippen LogP contribution in [0.15, 0.2) is 11.1 Å². The van der Waals surface area contributed by atoms with Gasteiger partial charge in [-0.05, 0) is 86.4 Å². The molecule has 4 aliphatic rings. The standard InChI is InChI=1S/C23H38/c1-4-22(2)12-7-8-17(11-15-22)21(18-9-10-18)19-16-20(19)23(3)13-5-6-14-23/h17,19-20H,4-16H2,1-3H3/t17?,19-,20?,22?/m1/s1. The fourth-order valence-electron chi connectivity index (χ4n) is 6.30. The van der Waals surface area contributed by atoms with Crippen molar-refractivity contribution in [2.45, 2.75) is 104 Å². The van der Waals surface area contributed by atoms with Crippen LogP contribution >= 0.6 is 0 Å². The predicted octanol–water partition coefficient (Wildman–Crippen LogP) is 7.29. The molecular weight excluding hydrogens is 276 g/mol. The Labute approximate surface area is 144 Å². The SMILES string of the molecule is CCC1(C)CCCC(C(=C2CC2)[C@@H]2CC2C2(C)CCCC2)CC1. The molecule has 0 radical (unpaired) electrons. The largest absolute Gasteiger partial charge is 0.0698 e. The lowest BCUT2D eigenvalue weighted by Gasteiger charge is -2.28.